The quantitative estimate of drug-likeness (QED) is 0.163. The van der Waals surface area contributed by atoms with Gasteiger partial charge in [-0.05, 0) is 48.5 Å². The van der Waals surface area contributed by atoms with Gasteiger partial charge in [0, 0.05) is 33.8 Å². The van der Waals surface area contributed by atoms with Gasteiger partial charge in [-0.15, -0.1) is 0 Å². The third-order valence-electron chi connectivity index (χ3n) is 6.10. The molecular weight excluding hydrogens is 620 g/mol. The first-order valence-electron chi connectivity index (χ1n) is 11.7. The molecule has 0 unspecified atom stereocenters. The van der Waals surface area contributed by atoms with Crippen molar-refractivity contribution in [3.8, 4) is 0 Å². The smallest absolute Gasteiger partial charge is 0.311 e. The minimum Gasteiger partial charge on any atom is -0.311 e. The average molecular weight is 637 g/mol. The summed E-state index contributed by atoms with van der Waals surface area (Å²) < 4.78 is 185. The van der Waals surface area contributed by atoms with Crippen molar-refractivity contribution < 1.29 is 66.3 Å². The summed E-state index contributed by atoms with van der Waals surface area (Å²) in [6.45, 7) is 0. The van der Waals surface area contributed by atoms with Crippen molar-refractivity contribution in [1.82, 2.24) is 0 Å². The van der Waals surface area contributed by atoms with E-state index < -0.39 is 60.0 Å². The fraction of sp³-hybridized carbons (Fsp3) is 0.296. The second kappa shape index (κ2) is 11.3. The zero-order valence-electron chi connectivity index (χ0n) is 21.1. The largest absolute Gasteiger partial charge is 0.453 e. The molecule has 234 valence electrons. The molecule has 0 aliphatic rings. The number of carbonyl (C=O) groups is 1. The van der Waals surface area contributed by atoms with Crippen LogP contribution in [0.15, 0.2) is 72.8 Å². The number of hydrogen-bond donors (Lipinski definition) is 0. The van der Waals surface area contributed by atoms with Gasteiger partial charge in [-0.25, -0.2) is 17.6 Å². The van der Waals surface area contributed by atoms with Gasteiger partial charge in [0.25, 0.3) is 11.8 Å². The third kappa shape index (κ3) is 7.39. The highest BCUT2D eigenvalue weighted by Gasteiger charge is 2.63. The van der Waals surface area contributed by atoms with Crippen LogP contribution in [0.4, 0.5) is 78.5 Å². The molecular formula is C27H17F14NO. The van der Waals surface area contributed by atoms with Gasteiger partial charge in [-0.3, -0.25) is 4.79 Å². The molecule has 3 rings (SSSR count). The first-order chi connectivity index (χ1) is 19.5. The molecule has 0 radical (unpaired) electrons. The molecule has 0 heterocycles. The van der Waals surface area contributed by atoms with Crippen molar-refractivity contribution in [2.45, 2.75) is 48.9 Å². The number of halogens is 14. The topological polar surface area (TPSA) is 20.3 Å². The van der Waals surface area contributed by atoms with Gasteiger partial charge >= 0.3 is 24.2 Å². The third-order valence-corrected chi connectivity index (χ3v) is 6.10. The Morgan fingerprint density at radius 1 is 0.465 bits per heavy atom. The second-order valence-electron chi connectivity index (χ2n) is 9.31. The number of carbonyl (C=O) groups excluding carboxylic acids is 1. The van der Waals surface area contributed by atoms with E-state index in [0.717, 1.165) is 29.2 Å². The molecule has 0 spiro atoms. The van der Waals surface area contributed by atoms with E-state index in [4.69, 9.17) is 0 Å². The molecule has 0 amide bonds. The second-order valence-corrected chi connectivity index (χ2v) is 9.31. The molecule has 2 nitrogen and oxygen atoms in total. The Bertz CT molecular complexity index is 1310. The van der Waals surface area contributed by atoms with Gasteiger partial charge in [0.2, 0.25) is 0 Å². The lowest BCUT2D eigenvalue weighted by Gasteiger charge is -2.28. The molecule has 0 aliphatic carbocycles. The Hall–Kier alpha value is -3.85. The molecule has 0 aromatic heterocycles. The molecule has 0 N–H and O–H groups in total. The van der Waals surface area contributed by atoms with Crippen LogP contribution in [-0.2, 0) is 11.8 Å². The summed E-state index contributed by atoms with van der Waals surface area (Å²) in [5.74, 6) is -20.8. The minimum absolute atomic E-state index is 0.0934. The van der Waals surface area contributed by atoms with Crippen LogP contribution in [0.25, 0.3) is 0 Å². The normalized spacial score (nSPS) is 13.6. The Morgan fingerprint density at radius 2 is 0.744 bits per heavy atom. The monoisotopic (exact) mass is 637 g/mol. The summed E-state index contributed by atoms with van der Waals surface area (Å²) in [6, 6.07) is 10.8. The standard InChI is InChI=1S/C27H17F14NO/c28-22(29,14-24(32,33)26(36,37)38)17-3-9-20(10-4-17)42(19-7-1-16(13-43)2-8-19)21-11-5-18(6-12-21)23(30,31)15-25(34,35)27(39,40)41/h1-13H,14-15H2. The van der Waals surface area contributed by atoms with Crippen molar-refractivity contribution in [1.29, 1.82) is 0 Å². The molecule has 3 aromatic carbocycles. The van der Waals surface area contributed by atoms with E-state index in [1.165, 1.54) is 24.3 Å². The number of benzene rings is 3. The van der Waals surface area contributed by atoms with Crippen LogP contribution in [-0.4, -0.2) is 30.5 Å². The van der Waals surface area contributed by atoms with E-state index in [1.54, 1.807) is 0 Å². The number of rotatable bonds is 10. The van der Waals surface area contributed by atoms with Crippen molar-refractivity contribution in [2.24, 2.45) is 0 Å². The molecule has 43 heavy (non-hydrogen) atoms. The van der Waals surface area contributed by atoms with E-state index >= 15 is 0 Å². The van der Waals surface area contributed by atoms with E-state index in [1.807, 2.05) is 0 Å². The number of nitrogens with zero attached hydrogens (tertiary/aromatic N) is 1. The lowest BCUT2D eigenvalue weighted by Crippen LogP contribution is -2.40. The highest BCUT2D eigenvalue weighted by molar-refractivity contribution is 5.80. The van der Waals surface area contributed by atoms with Crippen LogP contribution < -0.4 is 4.90 Å². The highest BCUT2D eigenvalue weighted by Crippen LogP contribution is 2.48. The SMILES string of the molecule is O=Cc1ccc(N(c2ccc(C(F)(F)CC(F)(F)C(F)(F)F)cc2)c2ccc(C(F)(F)CC(F)(F)C(F)(F)F)cc2)cc1. The molecule has 0 saturated heterocycles. The lowest BCUT2D eigenvalue weighted by molar-refractivity contribution is -0.301. The summed E-state index contributed by atoms with van der Waals surface area (Å²) in [5.41, 5.74) is -2.36. The molecule has 0 bridgehead atoms. The Morgan fingerprint density at radius 3 is 1.00 bits per heavy atom. The minimum atomic E-state index is -6.24. The van der Waals surface area contributed by atoms with Gasteiger partial charge in [0.1, 0.15) is 6.29 Å². The Labute approximate surface area is 233 Å². The maximum Gasteiger partial charge on any atom is 0.453 e. The van der Waals surface area contributed by atoms with E-state index in [-0.39, 0.29) is 22.6 Å². The lowest BCUT2D eigenvalue weighted by atomic mass is 9.99. The van der Waals surface area contributed by atoms with Crippen LogP contribution in [0.5, 0.6) is 0 Å². The molecule has 16 heteroatoms. The fourth-order valence-corrected chi connectivity index (χ4v) is 3.82. The van der Waals surface area contributed by atoms with Crippen LogP contribution in [0, 0.1) is 0 Å². The molecule has 0 fully saturated rings. The van der Waals surface area contributed by atoms with Crippen LogP contribution in [0.1, 0.15) is 34.3 Å². The first-order valence-corrected chi connectivity index (χ1v) is 11.7. The van der Waals surface area contributed by atoms with Crippen molar-refractivity contribution in [2.75, 3.05) is 4.90 Å². The number of anilines is 3. The highest BCUT2D eigenvalue weighted by atomic mass is 19.4. The Balaban J connectivity index is 2.01. The summed E-state index contributed by atoms with van der Waals surface area (Å²) in [6.07, 6.45) is -17.8. The van der Waals surface area contributed by atoms with E-state index in [2.05, 4.69) is 0 Å². The summed E-state index contributed by atoms with van der Waals surface area (Å²) in [5, 5.41) is 0. The molecule has 0 atom stereocenters. The number of alkyl halides is 14. The van der Waals surface area contributed by atoms with Gasteiger partial charge in [-0.2, -0.15) is 43.9 Å². The maximum absolute atomic E-state index is 14.4. The van der Waals surface area contributed by atoms with Gasteiger partial charge in [-0.1, -0.05) is 24.3 Å². The molecule has 3 aromatic rings. The number of hydrogen-bond acceptors (Lipinski definition) is 2. The predicted molar refractivity (Wildman–Crippen MR) is 126 cm³/mol. The van der Waals surface area contributed by atoms with E-state index in [0.29, 0.717) is 30.6 Å². The van der Waals surface area contributed by atoms with Crippen LogP contribution in [0.3, 0.4) is 0 Å². The van der Waals surface area contributed by atoms with E-state index in [9.17, 15) is 66.3 Å². The summed E-state index contributed by atoms with van der Waals surface area (Å²) in [4.78, 5) is 12.2. The van der Waals surface area contributed by atoms with Gasteiger partial charge < -0.3 is 4.90 Å². The average Bonchev–Trinajstić information content (AvgIpc) is 2.87. The summed E-state index contributed by atoms with van der Waals surface area (Å²) >= 11 is 0. The van der Waals surface area contributed by atoms with Gasteiger partial charge in [0.15, 0.2) is 0 Å². The van der Waals surface area contributed by atoms with Crippen LogP contribution >= 0.6 is 0 Å². The predicted octanol–water partition coefficient (Wildman–Crippen LogP) is 10.3. The van der Waals surface area contributed by atoms with Crippen molar-refractivity contribution in [3.63, 3.8) is 0 Å². The zero-order chi connectivity index (χ0) is 32.6. The first kappa shape index (κ1) is 33.6. The summed E-state index contributed by atoms with van der Waals surface area (Å²) in [7, 11) is 0. The Kier molecular flexibility index (Phi) is 8.87. The molecule has 0 saturated carbocycles. The van der Waals surface area contributed by atoms with Crippen molar-refractivity contribution >= 4 is 23.3 Å². The zero-order valence-corrected chi connectivity index (χ0v) is 21.1. The maximum atomic E-state index is 14.4. The number of aldehydes is 1. The molecule has 0 aliphatic heterocycles. The van der Waals surface area contributed by atoms with Gasteiger partial charge in [0.05, 0.1) is 12.8 Å². The van der Waals surface area contributed by atoms with Crippen molar-refractivity contribution in [3.05, 3.63) is 89.5 Å². The fourth-order valence-electron chi connectivity index (χ4n) is 3.82. The van der Waals surface area contributed by atoms with Crippen LogP contribution in [0.2, 0.25) is 0 Å².